The number of carbonyl (C=O) groups excluding carboxylic acids is 2. The van der Waals surface area contributed by atoms with Crippen molar-refractivity contribution >= 4 is 17.5 Å². The van der Waals surface area contributed by atoms with Gasteiger partial charge in [-0.25, -0.2) is 0 Å². The number of hydrogen-bond donors (Lipinski definition) is 1. The Hall–Kier alpha value is -3.62. The molecule has 9 heteroatoms. The van der Waals surface area contributed by atoms with Crippen LogP contribution in [0.3, 0.4) is 0 Å². The van der Waals surface area contributed by atoms with E-state index in [0.29, 0.717) is 13.0 Å². The second-order valence-corrected chi connectivity index (χ2v) is 7.46. The van der Waals surface area contributed by atoms with Crippen LogP contribution >= 0.6 is 0 Å². The van der Waals surface area contributed by atoms with Crippen LogP contribution in [0.4, 0.5) is 5.69 Å². The predicted molar refractivity (Wildman–Crippen MR) is 124 cm³/mol. The molecular formula is C24H31N3O6. The highest BCUT2D eigenvalue weighted by Gasteiger charge is 2.29. The lowest BCUT2D eigenvalue weighted by Crippen LogP contribution is -2.50. The first-order valence-electron chi connectivity index (χ1n) is 11.0. The maximum Gasteiger partial charge on any atom is 0.311 e. The minimum atomic E-state index is -0.649. The molecule has 178 valence electrons. The van der Waals surface area contributed by atoms with Crippen LogP contribution in [-0.4, -0.2) is 47.9 Å². The number of rotatable bonds is 13. The van der Waals surface area contributed by atoms with Gasteiger partial charge in [0.15, 0.2) is 6.61 Å². The quantitative estimate of drug-likeness (QED) is 0.279. The van der Waals surface area contributed by atoms with Crippen LogP contribution in [-0.2, 0) is 16.1 Å². The fourth-order valence-electron chi connectivity index (χ4n) is 3.33. The highest BCUT2D eigenvalue weighted by molar-refractivity contribution is 5.88. The number of nitro benzene ring substituents is 1. The molecule has 0 heterocycles. The van der Waals surface area contributed by atoms with Gasteiger partial charge in [0.25, 0.3) is 5.91 Å². The van der Waals surface area contributed by atoms with Crippen LogP contribution in [0.15, 0.2) is 48.5 Å². The van der Waals surface area contributed by atoms with Gasteiger partial charge in [0.05, 0.1) is 12.0 Å². The monoisotopic (exact) mass is 457 g/mol. The zero-order valence-electron chi connectivity index (χ0n) is 19.3. The molecule has 1 unspecified atom stereocenters. The molecule has 0 spiro atoms. The van der Waals surface area contributed by atoms with Gasteiger partial charge < -0.3 is 19.7 Å². The van der Waals surface area contributed by atoms with Crippen molar-refractivity contribution in [2.75, 3.05) is 20.3 Å². The number of nitrogens with zero attached hydrogens (tertiary/aromatic N) is 2. The molecule has 2 amide bonds. The molecule has 1 atom stereocenters. The molecule has 0 aromatic heterocycles. The number of nitro groups is 1. The molecule has 2 aromatic rings. The molecule has 0 bridgehead atoms. The standard InChI is InChI=1S/C24H31N3O6/c1-4-6-14-25-24(29)20(5-2)26(16-18-10-8-7-9-11-18)23(28)17-33-19-12-13-21(27(30)31)22(15-19)32-3/h7-13,15,20H,4-6,14,16-17H2,1-3H3,(H,25,29). The fourth-order valence-corrected chi connectivity index (χ4v) is 3.33. The molecule has 0 radical (unpaired) electrons. The highest BCUT2D eigenvalue weighted by Crippen LogP contribution is 2.30. The Kier molecular flexibility index (Phi) is 10.1. The molecule has 2 aromatic carbocycles. The molecule has 0 saturated heterocycles. The van der Waals surface area contributed by atoms with Gasteiger partial charge in [-0.2, -0.15) is 0 Å². The van der Waals surface area contributed by atoms with E-state index in [1.165, 1.54) is 30.2 Å². The molecular weight excluding hydrogens is 426 g/mol. The molecule has 0 aliphatic heterocycles. The Morgan fingerprint density at radius 2 is 1.88 bits per heavy atom. The Bertz CT molecular complexity index is 935. The normalized spacial score (nSPS) is 11.4. The van der Waals surface area contributed by atoms with Crippen molar-refractivity contribution in [2.45, 2.75) is 45.7 Å². The molecule has 0 fully saturated rings. The van der Waals surface area contributed by atoms with Crippen molar-refractivity contribution in [3.05, 3.63) is 64.2 Å². The first-order chi connectivity index (χ1) is 15.9. The average molecular weight is 458 g/mol. The molecule has 9 nitrogen and oxygen atoms in total. The van der Waals surface area contributed by atoms with Gasteiger partial charge in [0, 0.05) is 25.2 Å². The van der Waals surface area contributed by atoms with Crippen LogP contribution in [0.1, 0.15) is 38.7 Å². The topological polar surface area (TPSA) is 111 Å². The van der Waals surface area contributed by atoms with Crippen LogP contribution in [0, 0.1) is 10.1 Å². The fraction of sp³-hybridized carbons (Fsp3) is 0.417. The summed E-state index contributed by atoms with van der Waals surface area (Å²) in [5.41, 5.74) is 0.694. The summed E-state index contributed by atoms with van der Waals surface area (Å²) < 4.78 is 10.7. The van der Waals surface area contributed by atoms with E-state index in [2.05, 4.69) is 5.32 Å². The van der Waals surface area contributed by atoms with Crippen molar-refractivity contribution in [3.63, 3.8) is 0 Å². The lowest BCUT2D eigenvalue weighted by Gasteiger charge is -2.30. The summed E-state index contributed by atoms with van der Waals surface area (Å²) in [5.74, 6) is -0.278. The van der Waals surface area contributed by atoms with Gasteiger partial charge in [-0.05, 0) is 24.5 Å². The lowest BCUT2D eigenvalue weighted by molar-refractivity contribution is -0.385. The van der Waals surface area contributed by atoms with Gasteiger partial charge in [-0.15, -0.1) is 0 Å². The molecule has 0 aliphatic carbocycles. The number of hydrogen-bond acceptors (Lipinski definition) is 6. The van der Waals surface area contributed by atoms with E-state index in [0.717, 1.165) is 18.4 Å². The van der Waals surface area contributed by atoms with Crippen molar-refractivity contribution in [1.29, 1.82) is 0 Å². The minimum Gasteiger partial charge on any atom is -0.490 e. The van der Waals surface area contributed by atoms with E-state index in [9.17, 15) is 19.7 Å². The second-order valence-electron chi connectivity index (χ2n) is 7.46. The van der Waals surface area contributed by atoms with Crippen LogP contribution < -0.4 is 14.8 Å². The van der Waals surface area contributed by atoms with Crippen LogP contribution in [0.25, 0.3) is 0 Å². The molecule has 2 rings (SSSR count). The average Bonchev–Trinajstić information content (AvgIpc) is 2.82. The van der Waals surface area contributed by atoms with E-state index < -0.39 is 11.0 Å². The SMILES string of the molecule is CCCCNC(=O)C(CC)N(Cc1ccccc1)C(=O)COc1ccc([N+](=O)[O-])c(OC)c1. The van der Waals surface area contributed by atoms with Gasteiger partial charge in [-0.3, -0.25) is 19.7 Å². The lowest BCUT2D eigenvalue weighted by atomic mass is 10.1. The summed E-state index contributed by atoms with van der Waals surface area (Å²) in [5, 5.41) is 14.0. The van der Waals surface area contributed by atoms with Gasteiger partial charge >= 0.3 is 5.69 Å². The van der Waals surface area contributed by atoms with Gasteiger partial charge in [0.1, 0.15) is 11.8 Å². The summed E-state index contributed by atoms with van der Waals surface area (Å²) in [4.78, 5) is 38.0. The van der Waals surface area contributed by atoms with Crippen LogP contribution in [0.5, 0.6) is 11.5 Å². The minimum absolute atomic E-state index is 0.0350. The van der Waals surface area contributed by atoms with Crippen molar-refractivity contribution in [2.24, 2.45) is 0 Å². The third kappa shape index (κ3) is 7.48. The van der Waals surface area contributed by atoms with E-state index in [1.54, 1.807) is 0 Å². The molecule has 33 heavy (non-hydrogen) atoms. The second kappa shape index (κ2) is 13.0. The van der Waals surface area contributed by atoms with Crippen molar-refractivity contribution < 1.29 is 24.0 Å². The first-order valence-corrected chi connectivity index (χ1v) is 11.0. The largest absolute Gasteiger partial charge is 0.490 e. The third-order valence-electron chi connectivity index (χ3n) is 5.12. The summed E-state index contributed by atoms with van der Waals surface area (Å²) in [6.45, 7) is 4.38. The van der Waals surface area contributed by atoms with E-state index >= 15 is 0 Å². The number of nitrogens with one attached hydrogen (secondary N) is 1. The first kappa shape index (κ1) is 25.6. The summed E-state index contributed by atoms with van der Waals surface area (Å²) >= 11 is 0. The Labute approximate surface area is 193 Å². The Morgan fingerprint density at radius 3 is 2.48 bits per heavy atom. The predicted octanol–water partition coefficient (Wildman–Crippen LogP) is 3.71. The zero-order valence-corrected chi connectivity index (χ0v) is 19.3. The van der Waals surface area contributed by atoms with E-state index in [4.69, 9.17) is 9.47 Å². The maximum atomic E-state index is 13.2. The number of amides is 2. The molecule has 0 aliphatic rings. The number of benzene rings is 2. The summed E-state index contributed by atoms with van der Waals surface area (Å²) in [6, 6.07) is 12.8. The molecule has 0 saturated carbocycles. The number of methoxy groups -OCH3 is 1. The van der Waals surface area contributed by atoms with Crippen LogP contribution in [0.2, 0.25) is 0 Å². The van der Waals surface area contributed by atoms with Gasteiger partial charge in [0.2, 0.25) is 11.7 Å². The number of carbonyl (C=O) groups is 2. The highest BCUT2D eigenvalue weighted by atomic mass is 16.6. The molecule has 1 N–H and O–H groups in total. The zero-order chi connectivity index (χ0) is 24.2. The summed E-state index contributed by atoms with van der Waals surface area (Å²) in [6.07, 6.45) is 2.26. The van der Waals surface area contributed by atoms with Gasteiger partial charge in [-0.1, -0.05) is 50.6 Å². The van der Waals surface area contributed by atoms with E-state index in [-0.39, 0.29) is 42.2 Å². The smallest absolute Gasteiger partial charge is 0.311 e. The Balaban J connectivity index is 2.18. The number of unbranched alkanes of at least 4 members (excludes halogenated alkanes) is 1. The Morgan fingerprint density at radius 1 is 1.15 bits per heavy atom. The van der Waals surface area contributed by atoms with Crippen molar-refractivity contribution in [1.82, 2.24) is 10.2 Å². The summed E-state index contributed by atoms with van der Waals surface area (Å²) in [7, 11) is 1.32. The van der Waals surface area contributed by atoms with E-state index in [1.807, 2.05) is 44.2 Å². The van der Waals surface area contributed by atoms with Crippen molar-refractivity contribution in [3.8, 4) is 11.5 Å². The number of ether oxygens (including phenoxy) is 2. The third-order valence-corrected chi connectivity index (χ3v) is 5.12. The maximum absolute atomic E-state index is 13.2.